The minimum absolute atomic E-state index is 0.0339. The number of carboxylic acids is 1. The summed E-state index contributed by atoms with van der Waals surface area (Å²) in [5, 5.41) is 12.5. The van der Waals surface area contributed by atoms with Crippen LogP contribution in [-0.2, 0) is 25.5 Å². The van der Waals surface area contributed by atoms with Gasteiger partial charge in [-0.25, -0.2) is 0 Å². The first kappa shape index (κ1) is 22.4. The van der Waals surface area contributed by atoms with Crippen LogP contribution in [0.25, 0.3) is 11.1 Å². The van der Waals surface area contributed by atoms with Crippen LogP contribution in [0, 0.1) is 0 Å². The molecule has 0 aliphatic carbocycles. The third-order valence-electron chi connectivity index (χ3n) is 4.24. The van der Waals surface area contributed by atoms with Crippen molar-refractivity contribution in [3.05, 3.63) is 59.1 Å². The molecule has 0 saturated heterocycles. The lowest BCUT2D eigenvalue weighted by Crippen LogP contribution is -2.38. The van der Waals surface area contributed by atoms with Gasteiger partial charge in [0.2, 0.25) is 5.91 Å². The molecule has 0 heterocycles. The highest BCUT2D eigenvalue weighted by atomic mass is 35.5. The van der Waals surface area contributed by atoms with E-state index in [2.05, 4.69) is 5.32 Å². The first-order valence-electron chi connectivity index (χ1n) is 9.39. The lowest BCUT2D eigenvalue weighted by Gasteiger charge is -2.17. The summed E-state index contributed by atoms with van der Waals surface area (Å²) >= 11 is 6.03. The van der Waals surface area contributed by atoms with Gasteiger partial charge in [-0.05, 0) is 42.2 Å². The molecule has 0 aromatic heterocycles. The van der Waals surface area contributed by atoms with Crippen molar-refractivity contribution < 1.29 is 24.2 Å². The molecule has 0 spiro atoms. The second-order valence-corrected chi connectivity index (χ2v) is 7.02. The summed E-state index contributed by atoms with van der Waals surface area (Å²) in [6.07, 6.45) is 0.0882. The van der Waals surface area contributed by atoms with Gasteiger partial charge in [0.15, 0.2) is 0 Å². The predicted molar refractivity (Wildman–Crippen MR) is 111 cm³/mol. The highest BCUT2D eigenvalue weighted by Crippen LogP contribution is 2.23. The predicted octanol–water partition coefficient (Wildman–Crippen LogP) is 3.85. The van der Waals surface area contributed by atoms with Crippen LogP contribution >= 0.6 is 11.6 Å². The van der Waals surface area contributed by atoms with Crippen molar-refractivity contribution in [3.63, 3.8) is 0 Å². The van der Waals surface area contributed by atoms with E-state index in [4.69, 9.17) is 21.4 Å². The van der Waals surface area contributed by atoms with Crippen LogP contribution in [0.3, 0.4) is 0 Å². The zero-order valence-corrected chi connectivity index (χ0v) is 16.9. The molecule has 2 aromatic carbocycles. The van der Waals surface area contributed by atoms with E-state index in [0.717, 1.165) is 16.7 Å². The fourth-order valence-corrected chi connectivity index (χ4v) is 3.11. The maximum atomic E-state index is 12.1. The van der Waals surface area contributed by atoms with E-state index in [1.165, 1.54) is 0 Å². The van der Waals surface area contributed by atoms with Gasteiger partial charge in [0.1, 0.15) is 0 Å². The molecule has 0 radical (unpaired) electrons. The van der Waals surface area contributed by atoms with Crippen LogP contribution in [0.1, 0.15) is 31.7 Å². The summed E-state index contributed by atoms with van der Waals surface area (Å²) in [7, 11) is 0. The summed E-state index contributed by atoms with van der Waals surface area (Å²) in [5.74, 6) is -1.83. The van der Waals surface area contributed by atoms with Gasteiger partial charge in [0.05, 0.1) is 19.4 Å². The number of carbonyl (C=O) groups excluding carboxylic acids is 2. The summed E-state index contributed by atoms with van der Waals surface area (Å²) in [4.78, 5) is 34.6. The topological polar surface area (TPSA) is 92.7 Å². The lowest BCUT2D eigenvalue weighted by molar-refractivity contribution is -0.144. The quantitative estimate of drug-likeness (QED) is 0.573. The number of hydrogen-bond acceptors (Lipinski definition) is 4. The highest BCUT2D eigenvalue weighted by molar-refractivity contribution is 6.30. The molecule has 0 unspecified atom stereocenters. The number of carboxylic acid groups (broad SMARTS) is 1. The summed E-state index contributed by atoms with van der Waals surface area (Å²) in [6, 6.07) is 14.6. The van der Waals surface area contributed by atoms with Crippen molar-refractivity contribution in [2.75, 3.05) is 6.61 Å². The number of hydrogen-bond donors (Lipinski definition) is 2. The van der Waals surface area contributed by atoms with Crippen molar-refractivity contribution in [1.29, 1.82) is 0 Å². The van der Waals surface area contributed by atoms with Gasteiger partial charge < -0.3 is 15.2 Å². The van der Waals surface area contributed by atoms with Crippen LogP contribution in [0.5, 0.6) is 0 Å². The van der Waals surface area contributed by atoms with E-state index in [9.17, 15) is 14.4 Å². The first-order valence-corrected chi connectivity index (χ1v) is 9.76. The number of amides is 1. The molecule has 0 aliphatic rings. The zero-order chi connectivity index (χ0) is 21.2. The van der Waals surface area contributed by atoms with E-state index in [0.29, 0.717) is 11.4 Å². The molecule has 2 rings (SSSR count). The van der Waals surface area contributed by atoms with Crippen LogP contribution in [0.2, 0.25) is 5.02 Å². The molecule has 154 valence electrons. The van der Waals surface area contributed by atoms with Crippen molar-refractivity contribution in [2.45, 2.75) is 38.6 Å². The smallest absolute Gasteiger partial charge is 0.306 e. The second-order valence-electron chi connectivity index (χ2n) is 6.58. The second kappa shape index (κ2) is 11.2. The Morgan fingerprint density at radius 2 is 1.79 bits per heavy atom. The average Bonchev–Trinajstić information content (AvgIpc) is 2.67. The third-order valence-corrected chi connectivity index (χ3v) is 4.48. The highest BCUT2D eigenvalue weighted by Gasteiger charge is 2.17. The largest absolute Gasteiger partial charge is 0.481 e. The molecule has 0 bridgehead atoms. The normalized spacial score (nSPS) is 11.5. The number of esters is 1. The Morgan fingerprint density at radius 3 is 2.41 bits per heavy atom. The number of benzene rings is 2. The van der Waals surface area contributed by atoms with Crippen LogP contribution in [0.15, 0.2) is 48.5 Å². The monoisotopic (exact) mass is 417 g/mol. The number of carbonyl (C=O) groups is 3. The molecule has 0 fully saturated rings. The Labute approximate surface area is 174 Å². The van der Waals surface area contributed by atoms with E-state index in [-0.39, 0.29) is 31.8 Å². The van der Waals surface area contributed by atoms with Gasteiger partial charge in [-0.3, -0.25) is 14.4 Å². The molecular formula is C22H24ClNO5. The number of halogens is 1. The fraction of sp³-hybridized carbons (Fsp3) is 0.318. The van der Waals surface area contributed by atoms with Crippen LogP contribution < -0.4 is 5.32 Å². The molecule has 2 aromatic rings. The molecule has 0 saturated carbocycles. The fourth-order valence-electron chi connectivity index (χ4n) is 2.92. The van der Waals surface area contributed by atoms with Gasteiger partial charge in [-0.15, -0.1) is 0 Å². The molecule has 6 nitrogen and oxygen atoms in total. The van der Waals surface area contributed by atoms with Crippen molar-refractivity contribution >= 4 is 29.4 Å². The maximum Gasteiger partial charge on any atom is 0.306 e. The number of aliphatic carboxylic acids is 1. The number of nitrogens with one attached hydrogen (secondary N) is 1. The van der Waals surface area contributed by atoms with Crippen molar-refractivity contribution in [3.8, 4) is 11.1 Å². The number of ether oxygens (including phenoxy) is 1. The summed E-state index contributed by atoms with van der Waals surface area (Å²) in [6.45, 7) is 1.95. The molecule has 2 N–H and O–H groups in total. The van der Waals surface area contributed by atoms with E-state index < -0.39 is 18.0 Å². The van der Waals surface area contributed by atoms with E-state index in [1.807, 2.05) is 42.5 Å². The Balaban J connectivity index is 1.99. The Bertz CT molecular complexity index is 851. The number of rotatable bonds is 10. The lowest BCUT2D eigenvalue weighted by atomic mass is 9.99. The minimum Gasteiger partial charge on any atom is -0.481 e. The zero-order valence-electron chi connectivity index (χ0n) is 16.2. The molecule has 7 heteroatoms. The molecule has 29 heavy (non-hydrogen) atoms. The SMILES string of the molecule is CCOC(=O)CCC(=O)N[C@@H](CC(=O)O)Cc1ccc(-c2cccc(Cl)c2)cc1. The van der Waals surface area contributed by atoms with E-state index in [1.54, 1.807) is 13.0 Å². The Hall–Kier alpha value is -2.86. The molecule has 1 amide bonds. The maximum absolute atomic E-state index is 12.1. The Kier molecular flexibility index (Phi) is 8.68. The van der Waals surface area contributed by atoms with Crippen LogP contribution in [-0.4, -0.2) is 35.6 Å². The summed E-state index contributed by atoms with van der Waals surface area (Å²) in [5.41, 5.74) is 2.87. The van der Waals surface area contributed by atoms with Crippen molar-refractivity contribution in [1.82, 2.24) is 5.32 Å². The van der Waals surface area contributed by atoms with Crippen LogP contribution in [0.4, 0.5) is 0 Å². The standard InChI is InChI=1S/C22H24ClNO5/c1-2-29-22(28)11-10-20(25)24-19(14-21(26)27)12-15-6-8-16(9-7-15)17-4-3-5-18(23)13-17/h3-9,13,19H,2,10-12,14H2,1H3,(H,24,25)(H,26,27)/t19-/m1/s1. The third kappa shape index (κ3) is 7.95. The van der Waals surface area contributed by atoms with Gasteiger partial charge in [0.25, 0.3) is 0 Å². The summed E-state index contributed by atoms with van der Waals surface area (Å²) < 4.78 is 4.79. The molecular weight excluding hydrogens is 394 g/mol. The minimum atomic E-state index is -1.00. The first-order chi connectivity index (χ1) is 13.9. The molecule has 0 aliphatic heterocycles. The average molecular weight is 418 g/mol. The van der Waals surface area contributed by atoms with Gasteiger partial charge >= 0.3 is 11.9 Å². The molecule has 1 atom stereocenters. The van der Waals surface area contributed by atoms with Gasteiger partial charge in [-0.1, -0.05) is 48.0 Å². The van der Waals surface area contributed by atoms with Gasteiger partial charge in [0, 0.05) is 17.5 Å². The Morgan fingerprint density at radius 1 is 1.07 bits per heavy atom. The van der Waals surface area contributed by atoms with Gasteiger partial charge in [-0.2, -0.15) is 0 Å². The van der Waals surface area contributed by atoms with Crippen molar-refractivity contribution in [2.24, 2.45) is 0 Å². The van der Waals surface area contributed by atoms with E-state index >= 15 is 0 Å².